The summed E-state index contributed by atoms with van der Waals surface area (Å²) in [7, 11) is 0. The van der Waals surface area contributed by atoms with Gasteiger partial charge in [0.2, 0.25) is 0 Å². The molecular formula is C19H28BrNO3. The van der Waals surface area contributed by atoms with Gasteiger partial charge in [0, 0.05) is 18.0 Å². The molecule has 4 nitrogen and oxygen atoms in total. The Morgan fingerprint density at radius 3 is 2.54 bits per heavy atom. The number of alkyl halides is 1. The normalized spacial score (nSPS) is 20.5. The number of benzene rings is 1. The van der Waals surface area contributed by atoms with Gasteiger partial charge in [-0.15, -0.1) is 0 Å². The first kappa shape index (κ1) is 19.3. The van der Waals surface area contributed by atoms with Crippen LogP contribution in [0.25, 0.3) is 0 Å². The number of carbonyl (C=O) groups excluding carboxylic acids is 1. The van der Waals surface area contributed by atoms with Crippen molar-refractivity contribution in [3.63, 3.8) is 0 Å². The first-order valence-electron chi connectivity index (χ1n) is 8.92. The van der Waals surface area contributed by atoms with Gasteiger partial charge in [-0.1, -0.05) is 52.7 Å². The first-order chi connectivity index (χ1) is 11.8. The Hall–Kier alpha value is -1.07. The lowest BCUT2D eigenvalue weighted by atomic mass is 9.93. The summed E-state index contributed by atoms with van der Waals surface area (Å²) in [5, 5.41) is 4.05. The van der Waals surface area contributed by atoms with Gasteiger partial charge in [-0.05, 0) is 44.1 Å². The fourth-order valence-electron chi connectivity index (χ4n) is 2.93. The van der Waals surface area contributed by atoms with Crippen molar-refractivity contribution in [2.24, 2.45) is 0 Å². The second kappa shape index (κ2) is 11.5. The minimum Gasteiger partial charge on any atom is -0.445 e. The lowest BCUT2D eigenvalue weighted by Gasteiger charge is -2.28. The summed E-state index contributed by atoms with van der Waals surface area (Å²) in [5.41, 5.74) is 1.00. The highest BCUT2D eigenvalue weighted by molar-refractivity contribution is 9.09. The van der Waals surface area contributed by atoms with Crippen LogP contribution in [-0.4, -0.2) is 30.2 Å². The summed E-state index contributed by atoms with van der Waals surface area (Å²) in [6, 6.07) is 9.95. The highest BCUT2D eigenvalue weighted by Gasteiger charge is 2.23. The number of amides is 1. The zero-order chi connectivity index (χ0) is 17.0. The summed E-state index contributed by atoms with van der Waals surface area (Å²) in [6.07, 6.45) is 7.56. The number of rotatable bonds is 9. The molecule has 0 heterocycles. The van der Waals surface area contributed by atoms with Crippen LogP contribution in [-0.2, 0) is 16.1 Å². The first-order valence-corrected chi connectivity index (χ1v) is 10.0. The summed E-state index contributed by atoms with van der Waals surface area (Å²) >= 11 is 3.44. The highest BCUT2D eigenvalue weighted by atomic mass is 79.9. The Bertz CT molecular complexity index is 461. The predicted molar refractivity (Wildman–Crippen MR) is 99.4 cm³/mol. The molecule has 1 aliphatic carbocycles. The Morgan fingerprint density at radius 2 is 1.83 bits per heavy atom. The second-order valence-electron chi connectivity index (χ2n) is 6.30. The summed E-state index contributed by atoms with van der Waals surface area (Å²) < 4.78 is 11.2. The molecule has 1 aliphatic rings. The van der Waals surface area contributed by atoms with Crippen molar-refractivity contribution in [2.45, 2.75) is 63.7 Å². The molecule has 5 heteroatoms. The lowest BCUT2D eigenvalue weighted by Crippen LogP contribution is -2.39. The smallest absolute Gasteiger partial charge is 0.407 e. The zero-order valence-corrected chi connectivity index (χ0v) is 15.8. The van der Waals surface area contributed by atoms with Gasteiger partial charge in [-0.2, -0.15) is 0 Å². The van der Waals surface area contributed by atoms with E-state index in [1.807, 2.05) is 30.3 Å². The molecule has 0 spiro atoms. The van der Waals surface area contributed by atoms with Crippen LogP contribution in [0.4, 0.5) is 4.79 Å². The van der Waals surface area contributed by atoms with E-state index in [0.29, 0.717) is 12.7 Å². The second-order valence-corrected chi connectivity index (χ2v) is 7.09. The number of alkyl carbamates (subject to hydrolysis) is 1. The maximum Gasteiger partial charge on any atom is 0.407 e. The van der Waals surface area contributed by atoms with Gasteiger partial charge >= 0.3 is 6.09 Å². The molecule has 1 saturated carbocycles. The van der Waals surface area contributed by atoms with Gasteiger partial charge in [0.05, 0.1) is 6.10 Å². The minimum absolute atomic E-state index is 0.210. The van der Waals surface area contributed by atoms with Crippen LogP contribution >= 0.6 is 15.9 Å². The molecular weight excluding hydrogens is 370 g/mol. The van der Waals surface area contributed by atoms with E-state index in [0.717, 1.165) is 49.6 Å². The maximum absolute atomic E-state index is 11.9. The lowest BCUT2D eigenvalue weighted by molar-refractivity contribution is 0.0201. The number of carbonyl (C=O) groups is 1. The molecule has 2 rings (SSSR count). The molecule has 0 unspecified atom stereocenters. The third-order valence-electron chi connectivity index (χ3n) is 4.34. The van der Waals surface area contributed by atoms with Crippen molar-refractivity contribution >= 4 is 22.0 Å². The number of halogens is 1. The monoisotopic (exact) mass is 397 g/mol. The highest BCUT2D eigenvalue weighted by Crippen LogP contribution is 2.21. The zero-order valence-electron chi connectivity index (χ0n) is 14.2. The third-order valence-corrected chi connectivity index (χ3v) is 4.90. The van der Waals surface area contributed by atoms with E-state index in [-0.39, 0.29) is 12.1 Å². The van der Waals surface area contributed by atoms with E-state index >= 15 is 0 Å². The molecule has 0 aliphatic heterocycles. The fraction of sp³-hybridized carbons (Fsp3) is 0.632. The molecule has 24 heavy (non-hydrogen) atoms. The van der Waals surface area contributed by atoms with Crippen LogP contribution in [0.2, 0.25) is 0 Å². The Kier molecular flexibility index (Phi) is 9.21. The minimum atomic E-state index is -0.321. The third kappa shape index (κ3) is 7.67. The molecule has 1 fully saturated rings. The summed E-state index contributed by atoms with van der Waals surface area (Å²) in [6.45, 7) is 1.18. The van der Waals surface area contributed by atoms with E-state index in [9.17, 15) is 4.79 Å². The summed E-state index contributed by atoms with van der Waals surface area (Å²) in [5.74, 6) is 0. The van der Waals surface area contributed by atoms with Crippen LogP contribution in [0.3, 0.4) is 0 Å². The topological polar surface area (TPSA) is 47.6 Å². The molecule has 1 aromatic carbocycles. The van der Waals surface area contributed by atoms with Crippen molar-refractivity contribution in [1.29, 1.82) is 0 Å². The molecule has 0 bridgehead atoms. The van der Waals surface area contributed by atoms with Crippen LogP contribution in [0, 0.1) is 0 Å². The van der Waals surface area contributed by atoms with Gasteiger partial charge in [-0.3, -0.25) is 0 Å². The van der Waals surface area contributed by atoms with Gasteiger partial charge in [0.15, 0.2) is 0 Å². The molecule has 0 atom stereocenters. The molecule has 134 valence electrons. The van der Waals surface area contributed by atoms with Crippen molar-refractivity contribution < 1.29 is 14.3 Å². The van der Waals surface area contributed by atoms with Gasteiger partial charge < -0.3 is 14.8 Å². The number of hydrogen-bond donors (Lipinski definition) is 1. The number of unbranched alkanes of at least 4 members (excludes halogenated alkanes) is 2. The molecule has 0 aromatic heterocycles. The molecule has 1 aromatic rings. The number of nitrogens with one attached hydrogen (secondary N) is 1. The fourth-order valence-corrected chi connectivity index (χ4v) is 3.33. The Labute approximate surface area is 153 Å². The Morgan fingerprint density at radius 1 is 1.08 bits per heavy atom. The average Bonchev–Trinajstić information content (AvgIpc) is 2.62. The Balaban J connectivity index is 1.54. The van der Waals surface area contributed by atoms with Crippen molar-refractivity contribution in [3.8, 4) is 0 Å². The largest absolute Gasteiger partial charge is 0.445 e. The quantitative estimate of drug-likeness (QED) is 0.480. The van der Waals surface area contributed by atoms with Gasteiger partial charge in [0.25, 0.3) is 0 Å². The summed E-state index contributed by atoms with van der Waals surface area (Å²) in [4.78, 5) is 11.9. The number of ether oxygens (including phenoxy) is 2. The van der Waals surface area contributed by atoms with Crippen LogP contribution < -0.4 is 5.32 Å². The van der Waals surface area contributed by atoms with E-state index in [4.69, 9.17) is 9.47 Å². The van der Waals surface area contributed by atoms with Gasteiger partial charge in [-0.25, -0.2) is 4.79 Å². The van der Waals surface area contributed by atoms with Crippen molar-refractivity contribution in [3.05, 3.63) is 35.9 Å². The van der Waals surface area contributed by atoms with E-state index in [1.54, 1.807) is 0 Å². The average molecular weight is 398 g/mol. The van der Waals surface area contributed by atoms with E-state index < -0.39 is 0 Å². The predicted octanol–water partition coefficient (Wildman–Crippen LogP) is 4.81. The standard InChI is InChI=1S/C19H28BrNO3/c20-13-5-2-6-14-23-18-11-9-17(10-12-18)21-19(22)24-15-16-7-3-1-4-8-16/h1,3-4,7-8,17-18H,2,5-6,9-15H2,(H,21,22)/t17-,18-. The van der Waals surface area contributed by atoms with E-state index in [1.165, 1.54) is 12.8 Å². The van der Waals surface area contributed by atoms with Crippen molar-refractivity contribution in [1.82, 2.24) is 5.32 Å². The van der Waals surface area contributed by atoms with Crippen molar-refractivity contribution in [2.75, 3.05) is 11.9 Å². The molecule has 1 N–H and O–H groups in total. The maximum atomic E-state index is 11.9. The SMILES string of the molecule is O=C(N[C@H]1CC[C@H](OCCCCCBr)CC1)OCc1ccccc1. The van der Waals surface area contributed by atoms with Crippen LogP contribution in [0.5, 0.6) is 0 Å². The molecule has 0 radical (unpaired) electrons. The van der Waals surface area contributed by atoms with Crippen LogP contribution in [0.1, 0.15) is 50.5 Å². The molecule has 1 amide bonds. The number of hydrogen-bond acceptors (Lipinski definition) is 3. The van der Waals surface area contributed by atoms with E-state index in [2.05, 4.69) is 21.2 Å². The van der Waals surface area contributed by atoms with Gasteiger partial charge in [0.1, 0.15) is 6.61 Å². The van der Waals surface area contributed by atoms with Crippen LogP contribution in [0.15, 0.2) is 30.3 Å². The molecule has 0 saturated heterocycles.